The van der Waals surface area contributed by atoms with Crippen LogP contribution in [0.3, 0.4) is 0 Å². The highest BCUT2D eigenvalue weighted by Crippen LogP contribution is 2.33. The van der Waals surface area contributed by atoms with Gasteiger partial charge in [0, 0.05) is 13.0 Å². The number of hydrogen-bond acceptors (Lipinski definition) is 3. The normalized spacial score (nSPS) is 26.4. The van der Waals surface area contributed by atoms with Gasteiger partial charge >= 0.3 is 0 Å². The Kier molecular flexibility index (Phi) is 3.87. The van der Waals surface area contributed by atoms with Crippen molar-refractivity contribution in [2.24, 2.45) is 5.92 Å². The molecule has 3 nitrogen and oxygen atoms in total. The minimum absolute atomic E-state index is 0.147. The van der Waals surface area contributed by atoms with Crippen molar-refractivity contribution in [2.75, 3.05) is 6.61 Å². The molecule has 1 saturated carbocycles. The van der Waals surface area contributed by atoms with Crippen LogP contribution in [-0.2, 0) is 11.2 Å². The Morgan fingerprint density at radius 1 is 1.62 bits per heavy atom. The number of hydrogen-bond donors (Lipinski definition) is 0. The summed E-state index contributed by atoms with van der Waals surface area (Å²) in [6, 6.07) is 0. The first-order valence-electron chi connectivity index (χ1n) is 5.89. The highest BCUT2D eigenvalue weighted by molar-refractivity contribution is 6.20. The molecule has 1 unspecified atom stereocenters. The van der Waals surface area contributed by atoms with Gasteiger partial charge in [-0.2, -0.15) is 0 Å². The number of rotatable bonds is 5. The monoisotopic (exact) mass is 243 g/mol. The molecular formula is C12H18ClNO2. The van der Waals surface area contributed by atoms with Crippen LogP contribution in [0, 0.1) is 5.92 Å². The topological polar surface area (TPSA) is 35.3 Å². The second-order valence-electron chi connectivity index (χ2n) is 4.40. The van der Waals surface area contributed by atoms with Crippen molar-refractivity contribution < 1.29 is 9.15 Å². The summed E-state index contributed by atoms with van der Waals surface area (Å²) < 4.78 is 11.1. The van der Waals surface area contributed by atoms with Crippen molar-refractivity contribution in [3.05, 3.63) is 17.8 Å². The Balaban J connectivity index is 1.78. The van der Waals surface area contributed by atoms with Crippen LogP contribution in [-0.4, -0.2) is 17.7 Å². The van der Waals surface area contributed by atoms with Crippen LogP contribution in [0.1, 0.15) is 43.7 Å². The first-order valence-corrected chi connectivity index (χ1v) is 6.33. The molecule has 4 heteroatoms. The smallest absolute Gasteiger partial charge is 0.212 e. The molecular weight excluding hydrogens is 226 g/mol. The highest BCUT2D eigenvalue weighted by atomic mass is 35.5. The van der Waals surface area contributed by atoms with Gasteiger partial charge in [0.1, 0.15) is 11.1 Å². The van der Waals surface area contributed by atoms with E-state index >= 15 is 0 Å². The molecule has 0 N–H and O–H groups in total. The van der Waals surface area contributed by atoms with Gasteiger partial charge in [0.05, 0.1) is 12.3 Å². The van der Waals surface area contributed by atoms with Crippen molar-refractivity contribution in [3.8, 4) is 0 Å². The summed E-state index contributed by atoms with van der Waals surface area (Å²) in [6.07, 6.45) is 5.49. The Labute approximate surface area is 101 Å². The van der Waals surface area contributed by atoms with Gasteiger partial charge < -0.3 is 9.15 Å². The van der Waals surface area contributed by atoms with Crippen molar-refractivity contribution in [2.45, 2.75) is 44.6 Å². The lowest BCUT2D eigenvalue weighted by Gasteiger charge is -2.34. The quantitative estimate of drug-likeness (QED) is 0.744. The second-order valence-corrected chi connectivity index (χ2v) is 5.05. The minimum Gasteiger partial charge on any atom is -0.444 e. The standard InChI is InChI=1S/C12H18ClNO2/c1-3-15-10-4-9(5-10)6-11-7-14-12(16-11)8(2)13/h7-10H,3-6H2,1-2H3. The molecule has 2 rings (SSSR count). The first-order chi connectivity index (χ1) is 7.69. The molecule has 1 aromatic rings. The third-order valence-corrected chi connectivity index (χ3v) is 3.18. The second kappa shape index (κ2) is 5.19. The molecule has 1 aliphatic rings. The Morgan fingerprint density at radius 2 is 2.38 bits per heavy atom. The average molecular weight is 244 g/mol. The van der Waals surface area contributed by atoms with Crippen LogP contribution in [0.25, 0.3) is 0 Å². The third-order valence-electron chi connectivity index (χ3n) is 3.00. The number of ether oxygens (including phenoxy) is 1. The van der Waals surface area contributed by atoms with Gasteiger partial charge in [0.2, 0.25) is 5.89 Å². The zero-order chi connectivity index (χ0) is 11.5. The highest BCUT2D eigenvalue weighted by Gasteiger charge is 2.30. The van der Waals surface area contributed by atoms with E-state index in [0.717, 1.165) is 31.6 Å². The van der Waals surface area contributed by atoms with E-state index in [-0.39, 0.29) is 5.38 Å². The summed E-state index contributed by atoms with van der Waals surface area (Å²) in [4.78, 5) is 4.15. The molecule has 1 aromatic heterocycles. The fourth-order valence-corrected chi connectivity index (χ4v) is 2.20. The van der Waals surface area contributed by atoms with Crippen LogP contribution >= 0.6 is 11.6 Å². The van der Waals surface area contributed by atoms with Crippen LogP contribution in [0.2, 0.25) is 0 Å². The third kappa shape index (κ3) is 2.77. The van der Waals surface area contributed by atoms with E-state index in [1.54, 1.807) is 6.20 Å². The number of halogens is 1. The van der Waals surface area contributed by atoms with Crippen molar-refractivity contribution in [1.29, 1.82) is 0 Å². The molecule has 1 atom stereocenters. The van der Waals surface area contributed by atoms with Crippen molar-refractivity contribution >= 4 is 11.6 Å². The Bertz CT molecular complexity index is 332. The summed E-state index contributed by atoms with van der Waals surface area (Å²) >= 11 is 5.89. The van der Waals surface area contributed by atoms with Gasteiger partial charge in [-0.25, -0.2) is 4.98 Å². The van der Waals surface area contributed by atoms with Crippen molar-refractivity contribution in [3.63, 3.8) is 0 Å². The molecule has 0 saturated heterocycles. The largest absolute Gasteiger partial charge is 0.444 e. The van der Waals surface area contributed by atoms with Gasteiger partial charge in [-0.05, 0) is 32.6 Å². The number of aromatic nitrogens is 1. The van der Waals surface area contributed by atoms with E-state index < -0.39 is 0 Å². The molecule has 16 heavy (non-hydrogen) atoms. The Morgan fingerprint density at radius 3 is 2.94 bits per heavy atom. The molecule has 0 bridgehead atoms. The molecule has 0 radical (unpaired) electrons. The lowest BCUT2D eigenvalue weighted by Crippen LogP contribution is -2.32. The number of nitrogens with zero attached hydrogens (tertiary/aromatic N) is 1. The predicted molar refractivity (Wildman–Crippen MR) is 62.6 cm³/mol. The van der Waals surface area contributed by atoms with Gasteiger partial charge in [-0.15, -0.1) is 11.6 Å². The molecule has 1 heterocycles. The van der Waals surface area contributed by atoms with E-state index in [1.807, 2.05) is 13.8 Å². The minimum atomic E-state index is -0.147. The van der Waals surface area contributed by atoms with E-state index in [0.29, 0.717) is 17.9 Å². The molecule has 0 aromatic carbocycles. The van der Waals surface area contributed by atoms with Crippen LogP contribution in [0.4, 0.5) is 0 Å². The van der Waals surface area contributed by atoms with Gasteiger partial charge in [0.25, 0.3) is 0 Å². The molecule has 1 fully saturated rings. The number of oxazole rings is 1. The maximum atomic E-state index is 5.89. The summed E-state index contributed by atoms with van der Waals surface area (Å²) in [5, 5.41) is -0.147. The molecule has 0 aliphatic heterocycles. The van der Waals surface area contributed by atoms with Crippen LogP contribution in [0.5, 0.6) is 0 Å². The van der Waals surface area contributed by atoms with Crippen LogP contribution < -0.4 is 0 Å². The SMILES string of the molecule is CCOC1CC(Cc2cnc(C(C)Cl)o2)C1. The van der Waals surface area contributed by atoms with E-state index in [4.69, 9.17) is 20.8 Å². The molecule has 0 spiro atoms. The van der Waals surface area contributed by atoms with Gasteiger partial charge in [-0.3, -0.25) is 0 Å². The van der Waals surface area contributed by atoms with Gasteiger partial charge in [-0.1, -0.05) is 0 Å². The fraction of sp³-hybridized carbons (Fsp3) is 0.750. The van der Waals surface area contributed by atoms with Crippen molar-refractivity contribution in [1.82, 2.24) is 4.98 Å². The molecule has 0 amide bonds. The predicted octanol–water partition coefficient (Wildman–Crippen LogP) is 3.33. The Hall–Kier alpha value is -0.540. The zero-order valence-electron chi connectivity index (χ0n) is 9.78. The lowest BCUT2D eigenvalue weighted by molar-refractivity contribution is -0.0252. The summed E-state index contributed by atoms with van der Waals surface area (Å²) in [5.41, 5.74) is 0. The molecule has 90 valence electrons. The first kappa shape index (κ1) is 11.9. The van der Waals surface area contributed by atoms with Gasteiger partial charge in [0.15, 0.2) is 0 Å². The van der Waals surface area contributed by atoms with E-state index in [1.165, 1.54) is 0 Å². The summed E-state index contributed by atoms with van der Waals surface area (Å²) in [5.74, 6) is 2.25. The lowest BCUT2D eigenvalue weighted by atomic mass is 9.79. The molecule has 1 aliphatic carbocycles. The zero-order valence-corrected chi connectivity index (χ0v) is 10.5. The summed E-state index contributed by atoms with van der Waals surface area (Å²) in [7, 11) is 0. The van der Waals surface area contributed by atoms with E-state index in [2.05, 4.69) is 4.98 Å². The van der Waals surface area contributed by atoms with Crippen LogP contribution in [0.15, 0.2) is 10.6 Å². The van der Waals surface area contributed by atoms with E-state index in [9.17, 15) is 0 Å². The maximum Gasteiger partial charge on any atom is 0.212 e. The fourth-order valence-electron chi connectivity index (χ4n) is 2.10. The maximum absolute atomic E-state index is 5.89. The summed E-state index contributed by atoms with van der Waals surface area (Å²) in [6.45, 7) is 4.72. The number of alkyl halides is 1. The average Bonchev–Trinajstić information content (AvgIpc) is 2.63.